The summed E-state index contributed by atoms with van der Waals surface area (Å²) >= 11 is 1.36. The number of thioether (sulfide) groups is 1. The van der Waals surface area contributed by atoms with Gasteiger partial charge in [-0.15, -0.1) is 5.10 Å². The van der Waals surface area contributed by atoms with Gasteiger partial charge in [-0.05, 0) is 25.3 Å². The van der Waals surface area contributed by atoms with Gasteiger partial charge in [0.05, 0.1) is 11.8 Å². The summed E-state index contributed by atoms with van der Waals surface area (Å²) < 4.78 is 0. The van der Waals surface area contributed by atoms with Crippen LogP contribution in [0.3, 0.4) is 0 Å². The van der Waals surface area contributed by atoms with Gasteiger partial charge in [0, 0.05) is 18.4 Å². The third kappa shape index (κ3) is 4.72. The highest BCUT2D eigenvalue weighted by molar-refractivity contribution is 7.99. The fourth-order valence-electron chi connectivity index (χ4n) is 3.26. The summed E-state index contributed by atoms with van der Waals surface area (Å²) in [6.45, 7) is 3.41. The number of nitrogens with zero attached hydrogens (tertiary/aromatic N) is 2. The first kappa shape index (κ1) is 18.6. The SMILES string of the molecule is CC(=O)N[C@H](C)c1ccc(C(=O)CSc2n[nH]c(C3CCCC3)n2)cc1. The summed E-state index contributed by atoms with van der Waals surface area (Å²) in [5, 5.41) is 10.7. The van der Waals surface area contributed by atoms with Crippen LogP contribution in [0.25, 0.3) is 0 Å². The fraction of sp³-hybridized carbons (Fsp3) is 0.474. The minimum atomic E-state index is -0.0757. The van der Waals surface area contributed by atoms with Crippen molar-refractivity contribution in [1.29, 1.82) is 0 Å². The maximum atomic E-state index is 12.4. The maximum absolute atomic E-state index is 12.4. The number of H-pyrrole nitrogens is 1. The quantitative estimate of drug-likeness (QED) is 0.572. The van der Waals surface area contributed by atoms with Gasteiger partial charge in [-0.25, -0.2) is 4.98 Å². The summed E-state index contributed by atoms with van der Waals surface area (Å²) in [7, 11) is 0. The van der Waals surface area contributed by atoms with Crippen LogP contribution in [0.4, 0.5) is 0 Å². The van der Waals surface area contributed by atoms with E-state index in [1.807, 2.05) is 19.1 Å². The third-order valence-corrected chi connectivity index (χ3v) is 5.56. The summed E-state index contributed by atoms with van der Waals surface area (Å²) in [5.41, 5.74) is 1.63. The van der Waals surface area contributed by atoms with E-state index in [0.717, 1.165) is 11.4 Å². The van der Waals surface area contributed by atoms with Crippen LogP contribution in [0, 0.1) is 0 Å². The monoisotopic (exact) mass is 372 g/mol. The van der Waals surface area contributed by atoms with E-state index in [-0.39, 0.29) is 17.7 Å². The molecule has 3 rings (SSSR count). The molecule has 0 bridgehead atoms. The van der Waals surface area contributed by atoms with Crippen LogP contribution < -0.4 is 5.32 Å². The first-order valence-corrected chi connectivity index (χ1v) is 9.97. The van der Waals surface area contributed by atoms with E-state index in [1.165, 1.54) is 44.4 Å². The van der Waals surface area contributed by atoms with Crippen LogP contribution in [0.1, 0.15) is 73.2 Å². The average Bonchev–Trinajstić information content (AvgIpc) is 3.30. The summed E-state index contributed by atoms with van der Waals surface area (Å²) in [6.07, 6.45) is 4.84. The molecule has 26 heavy (non-hydrogen) atoms. The minimum Gasteiger partial charge on any atom is -0.350 e. The molecule has 0 radical (unpaired) electrons. The van der Waals surface area contributed by atoms with Gasteiger partial charge in [0.25, 0.3) is 0 Å². The summed E-state index contributed by atoms with van der Waals surface area (Å²) in [5.74, 6) is 1.72. The van der Waals surface area contributed by atoms with Gasteiger partial charge in [0.15, 0.2) is 5.78 Å². The normalized spacial score (nSPS) is 15.8. The molecule has 138 valence electrons. The molecule has 1 saturated carbocycles. The number of hydrogen-bond acceptors (Lipinski definition) is 5. The van der Waals surface area contributed by atoms with Gasteiger partial charge in [-0.1, -0.05) is 48.9 Å². The predicted molar refractivity (Wildman–Crippen MR) is 101 cm³/mol. The lowest BCUT2D eigenvalue weighted by Crippen LogP contribution is -2.23. The number of ketones is 1. The molecular weight excluding hydrogens is 348 g/mol. The number of aromatic amines is 1. The Morgan fingerprint density at radius 3 is 2.62 bits per heavy atom. The van der Waals surface area contributed by atoms with Crippen molar-refractivity contribution in [3.05, 3.63) is 41.2 Å². The molecule has 0 unspecified atom stereocenters. The van der Waals surface area contributed by atoms with Crippen LogP contribution in [0.15, 0.2) is 29.4 Å². The molecular formula is C19H24N4O2S. The van der Waals surface area contributed by atoms with Crippen LogP contribution in [0.5, 0.6) is 0 Å². The lowest BCUT2D eigenvalue weighted by molar-refractivity contribution is -0.119. The number of carbonyl (C=O) groups excluding carboxylic acids is 2. The second-order valence-corrected chi connectivity index (χ2v) is 7.68. The molecule has 2 aromatic rings. The van der Waals surface area contributed by atoms with Crippen molar-refractivity contribution in [2.75, 3.05) is 5.75 Å². The zero-order valence-corrected chi connectivity index (χ0v) is 15.9. The Balaban J connectivity index is 1.54. The number of amides is 1. The van der Waals surface area contributed by atoms with Crippen molar-refractivity contribution in [1.82, 2.24) is 20.5 Å². The smallest absolute Gasteiger partial charge is 0.217 e. The zero-order valence-electron chi connectivity index (χ0n) is 15.1. The molecule has 1 atom stereocenters. The maximum Gasteiger partial charge on any atom is 0.217 e. The Morgan fingerprint density at radius 2 is 1.96 bits per heavy atom. The molecule has 7 heteroatoms. The Morgan fingerprint density at radius 1 is 1.27 bits per heavy atom. The molecule has 1 aliphatic rings. The Labute approximate surface area is 157 Å². The molecule has 1 fully saturated rings. The van der Waals surface area contributed by atoms with Gasteiger partial charge in [-0.3, -0.25) is 14.7 Å². The standard InChI is InChI=1S/C19H24N4O2S/c1-12(20-13(2)24)14-7-9-15(10-8-14)17(25)11-26-19-21-18(22-23-19)16-5-3-4-6-16/h7-10,12,16H,3-6,11H2,1-2H3,(H,20,24)(H,21,22,23)/t12-/m1/s1. The topological polar surface area (TPSA) is 87.7 Å². The second-order valence-electron chi connectivity index (χ2n) is 6.74. The van der Waals surface area contributed by atoms with Crippen molar-refractivity contribution >= 4 is 23.5 Å². The lowest BCUT2D eigenvalue weighted by Gasteiger charge is -2.13. The second kappa shape index (κ2) is 8.49. The number of nitrogens with one attached hydrogen (secondary N) is 2. The highest BCUT2D eigenvalue weighted by atomic mass is 32.2. The van der Waals surface area contributed by atoms with Crippen LogP contribution in [-0.2, 0) is 4.79 Å². The average molecular weight is 372 g/mol. The van der Waals surface area contributed by atoms with Gasteiger partial charge in [0.1, 0.15) is 5.82 Å². The van der Waals surface area contributed by atoms with Crippen molar-refractivity contribution in [3.63, 3.8) is 0 Å². The number of aromatic nitrogens is 3. The van der Waals surface area contributed by atoms with E-state index in [2.05, 4.69) is 20.5 Å². The Hall–Kier alpha value is -2.15. The highest BCUT2D eigenvalue weighted by Crippen LogP contribution is 2.32. The van der Waals surface area contributed by atoms with Gasteiger partial charge in [-0.2, -0.15) is 0 Å². The minimum absolute atomic E-state index is 0.0425. The van der Waals surface area contributed by atoms with E-state index >= 15 is 0 Å². The molecule has 1 aromatic heterocycles. The molecule has 2 N–H and O–H groups in total. The highest BCUT2D eigenvalue weighted by Gasteiger charge is 2.21. The number of Topliss-reactive ketones (excluding diaryl/α,β-unsaturated/α-hetero) is 1. The number of benzene rings is 1. The van der Waals surface area contributed by atoms with Gasteiger partial charge >= 0.3 is 0 Å². The zero-order chi connectivity index (χ0) is 18.5. The Kier molecular flexibility index (Phi) is 6.08. The molecule has 6 nitrogen and oxygen atoms in total. The summed E-state index contributed by atoms with van der Waals surface area (Å²) in [6, 6.07) is 7.29. The predicted octanol–water partition coefficient (Wildman–Crippen LogP) is 3.63. The number of hydrogen-bond donors (Lipinski definition) is 2. The van der Waals surface area contributed by atoms with E-state index in [4.69, 9.17) is 0 Å². The van der Waals surface area contributed by atoms with E-state index in [0.29, 0.717) is 22.4 Å². The largest absolute Gasteiger partial charge is 0.350 e. The first-order chi connectivity index (χ1) is 12.5. The van der Waals surface area contributed by atoms with E-state index in [9.17, 15) is 9.59 Å². The van der Waals surface area contributed by atoms with Crippen molar-refractivity contribution in [3.8, 4) is 0 Å². The Bertz CT molecular complexity index is 766. The molecule has 0 aliphatic heterocycles. The number of rotatable bonds is 7. The lowest BCUT2D eigenvalue weighted by atomic mass is 10.0. The van der Waals surface area contributed by atoms with Crippen LogP contribution >= 0.6 is 11.8 Å². The van der Waals surface area contributed by atoms with Gasteiger partial charge < -0.3 is 5.32 Å². The van der Waals surface area contributed by atoms with Crippen LogP contribution in [0.2, 0.25) is 0 Å². The molecule has 1 amide bonds. The van der Waals surface area contributed by atoms with Gasteiger partial charge in [0.2, 0.25) is 11.1 Å². The van der Waals surface area contributed by atoms with Crippen molar-refractivity contribution in [2.45, 2.75) is 56.6 Å². The van der Waals surface area contributed by atoms with E-state index in [1.54, 1.807) is 12.1 Å². The molecule has 0 spiro atoms. The molecule has 1 aromatic carbocycles. The first-order valence-electron chi connectivity index (χ1n) is 8.98. The summed E-state index contributed by atoms with van der Waals surface area (Å²) in [4.78, 5) is 28.0. The molecule has 1 heterocycles. The molecule has 0 saturated heterocycles. The fourth-order valence-corrected chi connectivity index (χ4v) is 3.96. The van der Waals surface area contributed by atoms with E-state index < -0.39 is 0 Å². The van der Waals surface area contributed by atoms with Crippen molar-refractivity contribution in [2.24, 2.45) is 0 Å². The van der Waals surface area contributed by atoms with Crippen molar-refractivity contribution < 1.29 is 9.59 Å². The third-order valence-electron chi connectivity index (χ3n) is 4.71. The number of carbonyl (C=O) groups is 2. The molecule has 1 aliphatic carbocycles. The van der Waals surface area contributed by atoms with Crippen LogP contribution in [-0.4, -0.2) is 32.6 Å².